The second-order valence-electron chi connectivity index (χ2n) is 6.22. The van der Waals surface area contributed by atoms with Crippen molar-refractivity contribution < 1.29 is 0 Å². The van der Waals surface area contributed by atoms with E-state index in [1.165, 1.54) is 49.9 Å². The van der Waals surface area contributed by atoms with Crippen LogP contribution in [0.4, 0.5) is 0 Å². The average Bonchev–Trinajstić information content (AvgIpc) is 2.55. The lowest BCUT2D eigenvalue weighted by Crippen LogP contribution is -1.87. The van der Waals surface area contributed by atoms with E-state index in [-0.39, 0.29) is 0 Å². The van der Waals surface area contributed by atoms with Crippen LogP contribution in [0.1, 0.15) is 24.5 Å². The van der Waals surface area contributed by atoms with E-state index in [0.29, 0.717) is 0 Å². The Morgan fingerprint density at radius 1 is 0.636 bits per heavy atom. The summed E-state index contributed by atoms with van der Waals surface area (Å²) in [6, 6.07) is 22.6. The van der Waals surface area contributed by atoms with Crippen molar-refractivity contribution in [3.05, 3.63) is 71.8 Å². The summed E-state index contributed by atoms with van der Waals surface area (Å²) >= 11 is 0. The lowest BCUT2D eigenvalue weighted by Gasteiger charge is -2.12. The van der Waals surface area contributed by atoms with Crippen molar-refractivity contribution in [2.24, 2.45) is 0 Å². The maximum atomic E-state index is 2.40. The second-order valence-corrected chi connectivity index (χ2v) is 6.22. The molecule has 0 saturated carbocycles. The van der Waals surface area contributed by atoms with E-state index >= 15 is 0 Å². The van der Waals surface area contributed by atoms with E-state index < -0.39 is 0 Å². The van der Waals surface area contributed by atoms with E-state index in [4.69, 9.17) is 0 Å². The third kappa shape index (κ3) is 1.99. The van der Waals surface area contributed by atoms with Crippen LogP contribution >= 0.6 is 0 Å². The van der Waals surface area contributed by atoms with Gasteiger partial charge in [-0.25, -0.2) is 0 Å². The molecule has 0 heterocycles. The molecule has 4 rings (SSSR count). The molecule has 0 N–H and O–H groups in total. The molecule has 0 unspecified atom stereocenters. The minimum atomic E-state index is 1.15. The second kappa shape index (κ2) is 5.14. The molecule has 0 radical (unpaired) electrons. The SMILES string of the molecule is CCCc1ccc2c3ccccc3c3ccc(C)cc3c2c1. The van der Waals surface area contributed by atoms with Crippen LogP contribution in [0.2, 0.25) is 0 Å². The van der Waals surface area contributed by atoms with Gasteiger partial charge in [0.2, 0.25) is 0 Å². The molecular weight excluding hydrogens is 264 g/mol. The molecule has 0 aliphatic heterocycles. The normalized spacial score (nSPS) is 11.5. The van der Waals surface area contributed by atoms with Crippen molar-refractivity contribution in [3.63, 3.8) is 0 Å². The fourth-order valence-corrected chi connectivity index (χ4v) is 3.56. The minimum absolute atomic E-state index is 1.15. The van der Waals surface area contributed by atoms with Crippen LogP contribution in [0.25, 0.3) is 32.3 Å². The minimum Gasteiger partial charge on any atom is -0.0651 e. The Labute approximate surface area is 131 Å². The Morgan fingerprint density at radius 3 is 1.91 bits per heavy atom. The van der Waals surface area contributed by atoms with Gasteiger partial charge in [-0.15, -0.1) is 0 Å². The first kappa shape index (κ1) is 13.3. The van der Waals surface area contributed by atoms with Gasteiger partial charge in [0.1, 0.15) is 0 Å². The molecule has 22 heavy (non-hydrogen) atoms. The van der Waals surface area contributed by atoms with Crippen LogP contribution in [0.15, 0.2) is 60.7 Å². The van der Waals surface area contributed by atoms with E-state index in [2.05, 4.69) is 74.5 Å². The van der Waals surface area contributed by atoms with E-state index in [9.17, 15) is 0 Å². The van der Waals surface area contributed by atoms with Gasteiger partial charge in [0.25, 0.3) is 0 Å². The number of hydrogen-bond donors (Lipinski definition) is 0. The van der Waals surface area contributed by atoms with Gasteiger partial charge >= 0.3 is 0 Å². The van der Waals surface area contributed by atoms with Crippen LogP contribution < -0.4 is 0 Å². The number of aryl methyl sites for hydroxylation is 2. The molecule has 108 valence electrons. The number of hydrogen-bond acceptors (Lipinski definition) is 0. The van der Waals surface area contributed by atoms with Gasteiger partial charge in [0.05, 0.1) is 0 Å². The highest BCUT2D eigenvalue weighted by Crippen LogP contribution is 2.35. The van der Waals surface area contributed by atoms with Gasteiger partial charge in [0.15, 0.2) is 0 Å². The van der Waals surface area contributed by atoms with Crippen molar-refractivity contribution in [1.82, 2.24) is 0 Å². The predicted molar refractivity (Wildman–Crippen MR) is 97.7 cm³/mol. The van der Waals surface area contributed by atoms with Gasteiger partial charge in [-0.2, -0.15) is 0 Å². The first-order chi connectivity index (χ1) is 10.8. The monoisotopic (exact) mass is 284 g/mol. The van der Waals surface area contributed by atoms with Gasteiger partial charge in [0, 0.05) is 0 Å². The van der Waals surface area contributed by atoms with Gasteiger partial charge in [-0.3, -0.25) is 0 Å². The van der Waals surface area contributed by atoms with Crippen molar-refractivity contribution in [2.45, 2.75) is 26.7 Å². The molecule has 0 aromatic heterocycles. The van der Waals surface area contributed by atoms with Gasteiger partial charge in [-0.1, -0.05) is 79.6 Å². The summed E-state index contributed by atoms with van der Waals surface area (Å²) in [6.45, 7) is 4.42. The molecule has 0 heteroatoms. The third-order valence-corrected chi connectivity index (χ3v) is 4.60. The first-order valence-electron chi connectivity index (χ1n) is 8.11. The highest BCUT2D eigenvalue weighted by atomic mass is 14.1. The fourth-order valence-electron chi connectivity index (χ4n) is 3.56. The van der Waals surface area contributed by atoms with Crippen LogP contribution in [0, 0.1) is 6.92 Å². The van der Waals surface area contributed by atoms with E-state index in [1.807, 2.05) is 0 Å². The molecule has 4 aromatic carbocycles. The zero-order valence-electron chi connectivity index (χ0n) is 13.2. The predicted octanol–water partition coefficient (Wildman–Crippen LogP) is 6.41. The standard InChI is InChI=1S/C22H20/c1-3-6-16-10-12-20-18-8-5-4-7-17(18)19-11-9-15(2)13-21(19)22(20)14-16/h4-5,7-14H,3,6H2,1-2H3. The van der Waals surface area contributed by atoms with Gasteiger partial charge in [-0.05, 0) is 51.2 Å². The summed E-state index contributed by atoms with van der Waals surface area (Å²) < 4.78 is 0. The Balaban J connectivity index is 2.25. The summed E-state index contributed by atoms with van der Waals surface area (Å²) in [4.78, 5) is 0. The summed E-state index contributed by atoms with van der Waals surface area (Å²) in [5, 5.41) is 8.22. The molecule has 4 aromatic rings. The average molecular weight is 284 g/mol. The molecule has 0 nitrogen and oxygen atoms in total. The van der Waals surface area contributed by atoms with Crippen molar-refractivity contribution in [1.29, 1.82) is 0 Å². The van der Waals surface area contributed by atoms with Crippen LogP contribution in [0.5, 0.6) is 0 Å². The smallest absolute Gasteiger partial charge is 0.00961 e. The maximum absolute atomic E-state index is 2.40. The first-order valence-corrected chi connectivity index (χ1v) is 8.11. The summed E-state index contributed by atoms with van der Waals surface area (Å²) in [7, 11) is 0. The summed E-state index contributed by atoms with van der Waals surface area (Å²) in [5.41, 5.74) is 2.76. The number of fused-ring (bicyclic) bond motifs is 6. The molecule has 0 aliphatic carbocycles. The lowest BCUT2D eigenvalue weighted by atomic mass is 9.92. The Kier molecular flexibility index (Phi) is 3.11. The molecule has 0 spiro atoms. The van der Waals surface area contributed by atoms with Crippen LogP contribution in [-0.2, 0) is 6.42 Å². The van der Waals surface area contributed by atoms with E-state index in [0.717, 1.165) is 6.42 Å². The van der Waals surface area contributed by atoms with E-state index in [1.54, 1.807) is 0 Å². The topological polar surface area (TPSA) is 0 Å². The Bertz CT molecular complexity index is 993. The van der Waals surface area contributed by atoms with Crippen molar-refractivity contribution in [2.75, 3.05) is 0 Å². The lowest BCUT2D eigenvalue weighted by molar-refractivity contribution is 0.924. The zero-order chi connectivity index (χ0) is 15.1. The fraction of sp³-hybridized carbons (Fsp3) is 0.182. The maximum Gasteiger partial charge on any atom is -0.00961 e. The number of benzene rings is 4. The van der Waals surface area contributed by atoms with Crippen molar-refractivity contribution >= 4 is 32.3 Å². The zero-order valence-corrected chi connectivity index (χ0v) is 13.2. The third-order valence-electron chi connectivity index (χ3n) is 4.60. The molecule has 0 atom stereocenters. The quantitative estimate of drug-likeness (QED) is 0.373. The molecule has 0 amide bonds. The molecule has 0 bridgehead atoms. The Hall–Kier alpha value is -2.34. The molecule has 0 aliphatic rings. The largest absolute Gasteiger partial charge is 0.0651 e. The highest BCUT2D eigenvalue weighted by molar-refractivity contribution is 6.25. The van der Waals surface area contributed by atoms with Gasteiger partial charge < -0.3 is 0 Å². The van der Waals surface area contributed by atoms with Crippen LogP contribution in [-0.4, -0.2) is 0 Å². The van der Waals surface area contributed by atoms with Crippen LogP contribution in [0.3, 0.4) is 0 Å². The molecule has 0 saturated heterocycles. The molecular formula is C22H20. The number of rotatable bonds is 2. The van der Waals surface area contributed by atoms with Crippen molar-refractivity contribution in [3.8, 4) is 0 Å². The summed E-state index contributed by atoms with van der Waals surface area (Å²) in [6.07, 6.45) is 2.34. The molecule has 0 fully saturated rings. The summed E-state index contributed by atoms with van der Waals surface area (Å²) in [5.74, 6) is 0. The Morgan fingerprint density at radius 2 is 1.23 bits per heavy atom. The highest BCUT2D eigenvalue weighted by Gasteiger charge is 2.08.